The van der Waals surface area contributed by atoms with Gasteiger partial charge in [-0.15, -0.1) is 0 Å². The molecule has 1 rings (SSSR count). The van der Waals surface area contributed by atoms with Gasteiger partial charge in [0.2, 0.25) is 0 Å². The second-order valence-corrected chi connectivity index (χ2v) is 3.43. The molecule has 15 heavy (non-hydrogen) atoms. The number of aliphatic carboxylic acids is 1. The van der Waals surface area contributed by atoms with E-state index in [0.717, 1.165) is 11.3 Å². The van der Waals surface area contributed by atoms with Crippen LogP contribution in [0.3, 0.4) is 0 Å². The zero-order valence-electron chi connectivity index (χ0n) is 8.81. The quantitative estimate of drug-likeness (QED) is 0.781. The van der Waals surface area contributed by atoms with Gasteiger partial charge in [-0.1, -0.05) is 19.1 Å². The maximum absolute atomic E-state index is 10.7. The Morgan fingerprint density at radius 2 is 1.93 bits per heavy atom. The Morgan fingerprint density at radius 3 is 2.33 bits per heavy atom. The molecule has 0 aromatic heterocycles. The van der Waals surface area contributed by atoms with Gasteiger partial charge in [-0.05, 0) is 17.7 Å². The molecule has 0 aliphatic carbocycles. The lowest BCUT2D eigenvalue weighted by atomic mass is 9.94. The van der Waals surface area contributed by atoms with Crippen LogP contribution in [-0.2, 0) is 4.79 Å². The number of ether oxygens (including phenoxy) is 1. The van der Waals surface area contributed by atoms with Crippen molar-refractivity contribution in [2.75, 3.05) is 7.11 Å². The Labute approximate surface area is 88.7 Å². The summed E-state index contributed by atoms with van der Waals surface area (Å²) in [7, 11) is 1.58. The van der Waals surface area contributed by atoms with Gasteiger partial charge in [0, 0.05) is 5.92 Å². The summed E-state index contributed by atoms with van der Waals surface area (Å²) >= 11 is 0. The highest BCUT2D eigenvalue weighted by molar-refractivity contribution is 5.74. The third kappa shape index (κ3) is 2.70. The molecule has 0 bridgehead atoms. The molecule has 0 fully saturated rings. The second-order valence-electron chi connectivity index (χ2n) is 3.43. The fourth-order valence-corrected chi connectivity index (χ4v) is 1.33. The lowest BCUT2D eigenvalue weighted by Crippen LogP contribution is -2.35. The summed E-state index contributed by atoms with van der Waals surface area (Å²) in [6, 6.07) is 6.36. The summed E-state index contributed by atoms with van der Waals surface area (Å²) in [5.41, 5.74) is 6.43. The van der Waals surface area contributed by atoms with Crippen LogP contribution in [-0.4, -0.2) is 24.2 Å². The molecule has 0 unspecified atom stereocenters. The highest BCUT2D eigenvalue weighted by atomic mass is 16.5. The van der Waals surface area contributed by atoms with Crippen molar-refractivity contribution < 1.29 is 14.6 Å². The van der Waals surface area contributed by atoms with E-state index >= 15 is 0 Å². The van der Waals surface area contributed by atoms with Crippen molar-refractivity contribution >= 4 is 5.97 Å². The maximum atomic E-state index is 10.7. The Balaban J connectivity index is 2.82. The molecule has 0 aliphatic heterocycles. The van der Waals surface area contributed by atoms with E-state index in [0.29, 0.717) is 0 Å². The summed E-state index contributed by atoms with van der Waals surface area (Å²) in [4.78, 5) is 10.7. The number of hydrogen-bond donors (Lipinski definition) is 2. The largest absolute Gasteiger partial charge is 0.497 e. The molecule has 0 amide bonds. The van der Waals surface area contributed by atoms with Crippen LogP contribution in [0.1, 0.15) is 18.4 Å². The van der Waals surface area contributed by atoms with Crippen LogP contribution in [0.15, 0.2) is 24.3 Å². The average Bonchev–Trinajstić information content (AvgIpc) is 2.27. The van der Waals surface area contributed by atoms with Crippen LogP contribution >= 0.6 is 0 Å². The van der Waals surface area contributed by atoms with Gasteiger partial charge in [-0.3, -0.25) is 4.79 Å². The predicted octanol–water partition coefficient (Wildman–Crippen LogP) is 1.21. The van der Waals surface area contributed by atoms with Gasteiger partial charge in [0.25, 0.3) is 0 Å². The lowest BCUT2D eigenvalue weighted by Gasteiger charge is -2.16. The van der Waals surface area contributed by atoms with E-state index in [1.807, 2.05) is 12.1 Å². The summed E-state index contributed by atoms with van der Waals surface area (Å²) in [6.07, 6.45) is 0. The third-order valence-corrected chi connectivity index (χ3v) is 2.47. The molecule has 0 spiro atoms. The van der Waals surface area contributed by atoms with E-state index < -0.39 is 12.0 Å². The molecule has 2 atom stereocenters. The third-order valence-electron chi connectivity index (χ3n) is 2.47. The summed E-state index contributed by atoms with van der Waals surface area (Å²) in [5, 5.41) is 8.76. The minimum absolute atomic E-state index is 0.214. The first-order valence-electron chi connectivity index (χ1n) is 4.68. The topological polar surface area (TPSA) is 72.5 Å². The van der Waals surface area contributed by atoms with Crippen molar-refractivity contribution in [1.29, 1.82) is 0 Å². The van der Waals surface area contributed by atoms with E-state index in [1.165, 1.54) is 0 Å². The molecular weight excluding hydrogens is 194 g/mol. The van der Waals surface area contributed by atoms with Crippen LogP contribution < -0.4 is 10.5 Å². The molecule has 1 aromatic rings. The molecule has 82 valence electrons. The van der Waals surface area contributed by atoms with Crippen LogP contribution in [0.25, 0.3) is 0 Å². The number of methoxy groups -OCH3 is 1. The van der Waals surface area contributed by atoms with Crippen molar-refractivity contribution in [3.05, 3.63) is 29.8 Å². The molecule has 4 heteroatoms. The predicted molar refractivity (Wildman–Crippen MR) is 57.0 cm³/mol. The average molecular weight is 209 g/mol. The van der Waals surface area contributed by atoms with Crippen LogP contribution in [0.2, 0.25) is 0 Å². The molecule has 0 saturated heterocycles. The van der Waals surface area contributed by atoms with Gasteiger partial charge in [-0.2, -0.15) is 0 Å². The number of carbonyl (C=O) groups is 1. The summed E-state index contributed by atoms with van der Waals surface area (Å²) in [6.45, 7) is 1.79. The monoisotopic (exact) mass is 209 g/mol. The van der Waals surface area contributed by atoms with Gasteiger partial charge in [0.1, 0.15) is 11.8 Å². The van der Waals surface area contributed by atoms with E-state index in [2.05, 4.69) is 0 Å². The minimum atomic E-state index is -0.988. The molecule has 3 N–H and O–H groups in total. The van der Waals surface area contributed by atoms with Gasteiger partial charge < -0.3 is 15.6 Å². The van der Waals surface area contributed by atoms with Crippen molar-refractivity contribution in [3.8, 4) is 5.75 Å². The van der Waals surface area contributed by atoms with Crippen LogP contribution in [0, 0.1) is 0 Å². The number of carboxylic acids is 1. The van der Waals surface area contributed by atoms with Crippen molar-refractivity contribution in [2.24, 2.45) is 5.73 Å². The molecule has 0 saturated carbocycles. The lowest BCUT2D eigenvalue weighted by molar-refractivity contribution is -0.139. The Bertz CT molecular complexity index is 334. The summed E-state index contributed by atoms with van der Waals surface area (Å²) < 4.78 is 5.01. The zero-order valence-corrected chi connectivity index (χ0v) is 8.81. The zero-order chi connectivity index (χ0) is 11.4. The van der Waals surface area contributed by atoms with E-state index in [9.17, 15) is 4.79 Å². The number of nitrogens with two attached hydrogens (primary N) is 1. The fraction of sp³-hybridized carbons (Fsp3) is 0.364. The normalized spacial score (nSPS) is 14.3. The van der Waals surface area contributed by atoms with Crippen LogP contribution in [0.4, 0.5) is 0 Å². The van der Waals surface area contributed by atoms with E-state index in [4.69, 9.17) is 15.6 Å². The first-order valence-corrected chi connectivity index (χ1v) is 4.68. The fourth-order valence-electron chi connectivity index (χ4n) is 1.33. The maximum Gasteiger partial charge on any atom is 0.321 e. The number of hydrogen-bond acceptors (Lipinski definition) is 3. The molecule has 0 aliphatic rings. The Kier molecular flexibility index (Phi) is 3.68. The summed E-state index contributed by atoms with van der Waals surface area (Å²) in [5.74, 6) is -0.457. The highest BCUT2D eigenvalue weighted by Crippen LogP contribution is 2.21. The van der Waals surface area contributed by atoms with Crippen molar-refractivity contribution in [1.82, 2.24) is 0 Å². The molecule has 0 radical (unpaired) electrons. The molecule has 4 nitrogen and oxygen atoms in total. The molecule has 0 heterocycles. The highest BCUT2D eigenvalue weighted by Gasteiger charge is 2.21. The van der Waals surface area contributed by atoms with E-state index in [-0.39, 0.29) is 5.92 Å². The minimum Gasteiger partial charge on any atom is -0.497 e. The number of rotatable bonds is 4. The molecular formula is C11H15NO3. The number of benzene rings is 1. The second kappa shape index (κ2) is 4.79. The smallest absolute Gasteiger partial charge is 0.321 e. The van der Waals surface area contributed by atoms with Gasteiger partial charge in [-0.25, -0.2) is 0 Å². The SMILES string of the molecule is COc1ccc([C@@H](C)[C@@H](N)C(=O)O)cc1. The number of carboxylic acid groups (broad SMARTS) is 1. The molecule has 1 aromatic carbocycles. The standard InChI is InChI=1S/C11H15NO3/c1-7(10(12)11(13)14)8-3-5-9(15-2)6-4-8/h3-7,10H,12H2,1-2H3,(H,13,14)/t7-,10-/m1/s1. The van der Waals surface area contributed by atoms with E-state index in [1.54, 1.807) is 26.2 Å². The van der Waals surface area contributed by atoms with Crippen molar-refractivity contribution in [2.45, 2.75) is 18.9 Å². The first kappa shape index (κ1) is 11.5. The van der Waals surface area contributed by atoms with Crippen molar-refractivity contribution in [3.63, 3.8) is 0 Å². The Hall–Kier alpha value is -1.55. The first-order chi connectivity index (χ1) is 7.06. The van der Waals surface area contributed by atoms with Gasteiger partial charge in [0.05, 0.1) is 7.11 Å². The Morgan fingerprint density at radius 1 is 1.40 bits per heavy atom. The van der Waals surface area contributed by atoms with Crippen LogP contribution in [0.5, 0.6) is 5.75 Å². The van der Waals surface area contributed by atoms with Gasteiger partial charge in [0.15, 0.2) is 0 Å². The van der Waals surface area contributed by atoms with Gasteiger partial charge >= 0.3 is 5.97 Å².